The van der Waals surface area contributed by atoms with Crippen LogP contribution in [-0.4, -0.2) is 68.5 Å². The second-order valence-electron chi connectivity index (χ2n) is 10.5. The number of piperazine rings is 1. The summed E-state index contributed by atoms with van der Waals surface area (Å²) in [5.74, 6) is 3.00. The number of likely N-dealkylation sites (N-methyl/N-ethyl adjacent to an activating group) is 1. The molecule has 0 unspecified atom stereocenters. The molecule has 0 atom stereocenters. The number of hydrogen-bond donors (Lipinski definition) is 1. The van der Waals surface area contributed by atoms with E-state index in [9.17, 15) is 4.79 Å². The number of para-hydroxylation sites is 1. The van der Waals surface area contributed by atoms with E-state index < -0.39 is 0 Å². The predicted molar refractivity (Wildman–Crippen MR) is 161 cm³/mol. The van der Waals surface area contributed by atoms with Gasteiger partial charge in [0.25, 0.3) is 5.91 Å². The third-order valence-corrected chi connectivity index (χ3v) is 7.27. The van der Waals surface area contributed by atoms with Crippen molar-refractivity contribution in [3.63, 3.8) is 0 Å². The molecule has 1 saturated heterocycles. The topological polar surface area (TPSA) is 88.4 Å². The van der Waals surface area contributed by atoms with Crippen LogP contribution in [0.4, 0.5) is 11.5 Å². The monoisotopic (exact) mass is 547 g/mol. The molecule has 1 N–H and O–H groups in total. The first-order chi connectivity index (χ1) is 20.0. The number of amides is 1. The van der Waals surface area contributed by atoms with Crippen LogP contribution in [0, 0.1) is 0 Å². The molecule has 0 bridgehead atoms. The number of fused-ring (bicyclic) bond motifs is 1. The van der Waals surface area contributed by atoms with Crippen molar-refractivity contribution in [1.82, 2.24) is 29.3 Å². The second-order valence-corrected chi connectivity index (χ2v) is 10.5. The summed E-state index contributed by atoms with van der Waals surface area (Å²) in [6, 6.07) is 25.2. The van der Waals surface area contributed by atoms with Gasteiger partial charge in [-0.2, -0.15) is 0 Å². The summed E-state index contributed by atoms with van der Waals surface area (Å²) in [5, 5.41) is 3.40. The van der Waals surface area contributed by atoms with Gasteiger partial charge in [0, 0.05) is 49.0 Å². The zero-order valence-electron chi connectivity index (χ0n) is 23.5. The fourth-order valence-corrected chi connectivity index (χ4v) is 5.01. The third kappa shape index (κ3) is 5.62. The van der Waals surface area contributed by atoms with Crippen molar-refractivity contribution in [2.75, 3.05) is 38.5 Å². The lowest BCUT2D eigenvalue weighted by molar-refractivity contribution is 0.0664. The first-order valence-electron chi connectivity index (χ1n) is 13.9. The Hall–Kier alpha value is -4.76. The minimum atomic E-state index is 0.0690. The lowest BCUT2D eigenvalue weighted by Gasteiger charge is -2.32. The highest BCUT2D eigenvalue weighted by atomic mass is 16.5. The van der Waals surface area contributed by atoms with Crippen molar-refractivity contribution in [3.8, 4) is 22.9 Å². The molecule has 0 radical (unpaired) electrons. The van der Waals surface area contributed by atoms with Crippen LogP contribution in [0.15, 0.2) is 85.2 Å². The normalized spacial score (nSPS) is 14.0. The molecular weight excluding hydrogens is 514 g/mol. The molecule has 1 amide bonds. The molecule has 0 saturated carbocycles. The molecule has 1 aliphatic rings. The Balaban J connectivity index is 1.26. The number of carbonyl (C=O) groups is 1. The van der Waals surface area contributed by atoms with Gasteiger partial charge in [-0.3, -0.25) is 4.79 Å². The SMILES string of the molecule is CC(C)n1c(-c2ccc(C(=O)N3CCN(C)CC3)cc2)nc2c(Nc3ccc(Oc4ccccc4)cc3)ncnc21. The molecule has 6 rings (SSSR count). The van der Waals surface area contributed by atoms with Crippen LogP contribution in [-0.2, 0) is 0 Å². The molecule has 41 heavy (non-hydrogen) atoms. The molecule has 9 nitrogen and oxygen atoms in total. The Morgan fingerprint density at radius 3 is 2.22 bits per heavy atom. The average Bonchev–Trinajstić information content (AvgIpc) is 3.40. The minimum Gasteiger partial charge on any atom is -0.457 e. The molecule has 208 valence electrons. The van der Waals surface area contributed by atoms with Gasteiger partial charge in [0.1, 0.15) is 23.7 Å². The number of rotatable bonds is 7. The van der Waals surface area contributed by atoms with E-state index in [1.807, 2.05) is 83.8 Å². The highest BCUT2D eigenvalue weighted by Crippen LogP contribution is 2.32. The van der Waals surface area contributed by atoms with Crippen LogP contribution in [0.3, 0.4) is 0 Å². The number of hydrogen-bond acceptors (Lipinski definition) is 7. The van der Waals surface area contributed by atoms with Crippen LogP contribution >= 0.6 is 0 Å². The fourth-order valence-electron chi connectivity index (χ4n) is 5.01. The smallest absolute Gasteiger partial charge is 0.253 e. The largest absolute Gasteiger partial charge is 0.457 e. The molecule has 1 aliphatic heterocycles. The van der Waals surface area contributed by atoms with Crippen molar-refractivity contribution in [3.05, 3.63) is 90.8 Å². The van der Waals surface area contributed by atoms with Gasteiger partial charge in [0.05, 0.1) is 0 Å². The molecular formula is C32H33N7O2. The highest BCUT2D eigenvalue weighted by molar-refractivity contribution is 5.95. The Bertz CT molecular complexity index is 1640. The zero-order valence-corrected chi connectivity index (χ0v) is 23.5. The van der Waals surface area contributed by atoms with Crippen molar-refractivity contribution < 1.29 is 9.53 Å². The summed E-state index contributed by atoms with van der Waals surface area (Å²) >= 11 is 0. The third-order valence-electron chi connectivity index (χ3n) is 7.27. The number of ether oxygens (including phenoxy) is 1. The van der Waals surface area contributed by atoms with E-state index in [-0.39, 0.29) is 11.9 Å². The van der Waals surface area contributed by atoms with Gasteiger partial charge in [0.15, 0.2) is 17.0 Å². The van der Waals surface area contributed by atoms with Gasteiger partial charge >= 0.3 is 0 Å². The van der Waals surface area contributed by atoms with E-state index in [0.29, 0.717) is 16.9 Å². The lowest BCUT2D eigenvalue weighted by atomic mass is 10.1. The highest BCUT2D eigenvalue weighted by Gasteiger charge is 2.22. The summed E-state index contributed by atoms with van der Waals surface area (Å²) in [6.45, 7) is 7.50. The number of benzene rings is 3. The van der Waals surface area contributed by atoms with E-state index in [2.05, 4.69) is 45.6 Å². The van der Waals surface area contributed by atoms with Crippen LogP contribution in [0.25, 0.3) is 22.6 Å². The second kappa shape index (κ2) is 11.4. The van der Waals surface area contributed by atoms with Crippen LogP contribution < -0.4 is 10.1 Å². The average molecular weight is 548 g/mol. The molecule has 0 spiro atoms. The maximum absolute atomic E-state index is 13.1. The van der Waals surface area contributed by atoms with E-state index in [0.717, 1.165) is 60.4 Å². The van der Waals surface area contributed by atoms with Crippen molar-refractivity contribution in [2.24, 2.45) is 0 Å². The van der Waals surface area contributed by atoms with Gasteiger partial charge in [-0.1, -0.05) is 30.3 Å². The number of nitrogens with zero attached hydrogens (tertiary/aromatic N) is 6. The summed E-state index contributed by atoms with van der Waals surface area (Å²) in [7, 11) is 2.08. The van der Waals surface area contributed by atoms with Gasteiger partial charge in [-0.25, -0.2) is 15.0 Å². The Morgan fingerprint density at radius 2 is 1.54 bits per heavy atom. The number of carbonyl (C=O) groups excluding carboxylic acids is 1. The number of nitrogens with one attached hydrogen (secondary N) is 1. The van der Waals surface area contributed by atoms with Crippen LogP contribution in [0.2, 0.25) is 0 Å². The van der Waals surface area contributed by atoms with Crippen LogP contribution in [0.5, 0.6) is 11.5 Å². The van der Waals surface area contributed by atoms with Crippen LogP contribution in [0.1, 0.15) is 30.2 Å². The van der Waals surface area contributed by atoms with Crippen molar-refractivity contribution in [2.45, 2.75) is 19.9 Å². The zero-order chi connectivity index (χ0) is 28.3. The first kappa shape index (κ1) is 26.5. The summed E-state index contributed by atoms with van der Waals surface area (Å²) in [5.41, 5.74) is 3.89. The van der Waals surface area contributed by atoms with Gasteiger partial charge in [-0.05, 0) is 69.4 Å². The summed E-state index contributed by atoms with van der Waals surface area (Å²) in [6.07, 6.45) is 1.56. The number of imidazole rings is 1. The molecule has 5 aromatic rings. The van der Waals surface area contributed by atoms with E-state index >= 15 is 0 Å². The molecule has 9 heteroatoms. The Morgan fingerprint density at radius 1 is 0.854 bits per heavy atom. The van der Waals surface area contributed by atoms with Crippen molar-refractivity contribution in [1.29, 1.82) is 0 Å². The fraction of sp³-hybridized carbons (Fsp3) is 0.250. The lowest BCUT2D eigenvalue weighted by Crippen LogP contribution is -2.47. The molecule has 2 aromatic heterocycles. The molecule has 0 aliphatic carbocycles. The van der Waals surface area contributed by atoms with Crippen molar-refractivity contribution >= 4 is 28.6 Å². The van der Waals surface area contributed by atoms with Gasteiger partial charge < -0.3 is 24.4 Å². The maximum atomic E-state index is 13.1. The number of aromatic nitrogens is 4. The van der Waals surface area contributed by atoms with E-state index in [1.54, 1.807) is 6.33 Å². The van der Waals surface area contributed by atoms with E-state index in [4.69, 9.17) is 9.72 Å². The van der Waals surface area contributed by atoms with Gasteiger partial charge in [-0.15, -0.1) is 0 Å². The Labute approximate surface area is 239 Å². The quantitative estimate of drug-likeness (QED) is 0.267. The standard InChI is InChI=1S/C32H33N7O2/c1-22(2)39-30(23-9-11-24(12-10-23)32(40)38-19-17-37(3)18-20-38)36-28-29(33-21-34-31(28)39)35-25-13-15-27(16-14-25)41-26-7-5-4-6-8-26/h4-16,21-22H,17-20H2,1-3H3,(H,33,34,35). The number of anilines is 2. The molecule has 1 fully saturated rings. The Kier molecular flexibility index (Phi) is 7.35. The van der Waals surface area contributed by atoms with Gasteiger partial charge in [0.2, 0.25) is 0 Å². The predicted octanol–water partition coefficient (Wildman–Crippen LogP) is 6.00. The maximum Gasteiger partial charge on any atom is 0.253 e. The summed E-state index contributed by atoms with van der Waals surface area (Å²) in [4.78, 5) is 31.3. The van der Waals surface area contributed by atoms with E-state index in [1.165, 1.54) is 0 Å². The molecule has 3 heterocycles. The molecule has 3 aromatic carbocycles. The summed E-state index contributed by atoms with van der Waals surface area (Å²) < 4.78 is 8.02. The first-order valence-corrected chi connectivity index (χ1v) is 13.9. The minimum absolute atomic E-state index is 0.0690.